The zero-order valence-corrected chi connectivity index (χ0v) is 12.1. The summed E-state index contributed by atoms with van der Waals surface area (Å²) < 4.78 is 5.73. The van der Waals surface area contributed by atoms with Gasteiger partial charge in [-0.2, -0.15) is 0 Å². The number of carboxylic acid groups (broad SMARTS) is 1. The SMILES string of the molecule is Cc1ccc(C)c(OCCCN(C)C(C)C(=O)O)c1. The van der Waals surface area contributed by atoms with Crippen LogP contribution in [0.25, 0.3) is 0 Å². The predicted octanol–water partition coefficient (Wildman–Crippen LogP) is 2.48. The molecule has 1 aromatic carbocycles. The number of nitrogens with zero attached hydrogens (tertiary/aromatic N) is 1. The molecule has 0 aliphatic carbocycles. The molecule has 0 aliphatic heterocycles. The Labute approximate surface area is 115 Å². The van der Waals surface area contributed by atoms with Crippen LogP contribution in [0.5, 0.6) is 5.75 Å². The molecule has 4 heteroatoms. The van der Waals surface area contributed by atoms with Gasteiger partial charge in [0.25, 0.3) is 0 Å². The van der Waals surface area contributed by atoms with Gasteiger partial charge in [-0.25, -0.2) is 0 Å². The summed E-state index contributed by atoms with van der Waals surface area (Å²) in [5, 5.41) is 8.88. The summed E-state index contributed by atoms with van der Waals surface area (Å²) in [6.45, 7) is 7.05. The third kappa shape index (κ3) is 4.91. The fraction of sp³-hybridized carbons (Fsp3) is 0.533. The Hall–Kier alpha value is -1.55. The molecule has 0 bridgehead atoms. The monoisotopic (exact) mass is 265 g/mol. The van der Waals surface area contributed by atoms with E-state index in [1.165, 1.54) is 5.56 Å². The maximum Gasteiger partial charge on any atom is 0.320 e. The lowest BCUT2D eigenvalue weighted by Gasteiger charge is -2.21. The van der Waals surface area contributed by atoms with E-state index in [4.69, 9.17) is 9.84 Å². The van der Waals surface area contributed by atoms with Crippen LogP contribution in [-0.2, 0) is 4.79 Å². The highest BCUT2D eigenvalue weighted by atomic mass is 16.5. The van der Waals surface area contributed by atoms with Crippen LogP contribution in [0.15, 0.2) is 18.2 Å². The number of hydrogen-bond donors (Lipinski definition) is 1. The number of ether oxygens (including phenoxy) is 1. The average Bonchev–Trinajstić information content (AvgIpc) is 2.37. The Morgan fingerprint density at radius 1 is 1.42 bits per heavy atom. The molecule has 0 amide bonds. The van der Waals surface area contributed by atoms with Crippen LogP contribution in [0.2, 0.25) is 0 Å². The highest BCUT2D eigenvalue weighted by Gasteiger charge is 2.15. The van der Waals surface area contributed by atoms with Gasteiger partial charge in [-0.05, 0) is 51.4 Å². The van der Waals surface area contributed by atoms with Crippen molar-refractivity contribution in [2.45, 2.75) is 33.2 Å². The minimum Gasteiger partial charge on any atom is -0.493 e. The third-order valence-electron chi connectivity index (χ3n) is 3.27. The van der Waals surface area contributed by atoms with E-state index in [1.807, 2.05) is 37.9 Å². The fourth-order valence-electron chi connectivity index (χ4n) is 1.74. The Morgan fingerprint density at radius 2 is 2.11 bits per heavy atom. The quantitative estimate of drug-likeness (QED) is 0.769. The lowest BCUT2D eigenvalue weighted by molar-refractivity contribution is -0.142. The molecule has 0 aromatic heterocycles. The second kappa shape index (κ2) is 7.14. The van der Waals surface area contributed by atoms with Gasteiger partial charge >= 0.3 is 5.97 Å². The minimum atomic E-state index is -0.794. The molecule has 0 saturated carbocycles. The first-order valence-corrected chi connectivity index (χ1v) is 6.55. The molecule has 0 radical (unpaired) electrons. The standard InChI is InChI=1S/C15H23NO3/c1-11-6-7-12(2)14(10-11)19-9-5-8-16(4)13(3)15(17)18/h6-7,10,13H,5,8-9H2,1-4H3,(H,17,18). The molecule has 0 saturated heterocycles. The first kappa shape index (κ1) is 15.5. The molecule has 1 rings (SSSR count). The summed E-state index contributed by atoms with van der Waals surface area (Å²) >= 11 is 0. The molecular weight excluding hydrogens is 242 g/mol. The largest absolute Gasteiger partial charge is 0.493 e. The predicted molar refractivity (Wildman–Crippen MR) is 75.8 cm³/mol. The molecule has 1 atom stereocenters. The Bertz CT molecular complexity index is 431. The van der Waals surface area contributed by atoms with E-state index in [-0.39, 0.29) is 0 Å². The van der Waals surface area contributed by atoms with E-state index in [2.05, 4.69) is 6.07 Å². The minimum absolute atomic E-state index is 0.458. The van der Waals surface area contributed by atoms with Crippen LogP contribution < -0.4 is 4.74 Å². The van der Waals surface area contributed by atoms with Gasteiger partial charge in [0.05, 0.1) is 6.61 Å². The van der Waals surface area contributed by atoms with Crippen LogP contribution in [0.3, 0.4) is 0 Å². The molecule has 19 heavy (non-hydrogen) atoms. The van der Waals surface area contributed by atoms with Gasteiger partial charge in [0.1, 0.15) is 11.8 Å². The topological polar surface area (TPSA) is 49.8 Å². The fourth-order valence-corrected chi connectivity index (χ4v) is 1.74. The molecular formula is C15H23NO3. The van der Waals surface area contributed by atoms with Crippen LogP contribution >= 0.6 is 0 Å². The van der Waals surface area contributed by atoms with Crippen molar-refractivity contribution < 1.29 is 14.6 Å². The lowest BCUT2D eigenvalue weighted by Crippen LogP contribution is -2.36. The van der Waals surface area contributed by atoms with Gasteiger partial charge in [0, 0.05) is 6.54 Å². The Kier molecular flexibility index (Phi) is 5.83. The second-order valence-electron chi connectivity index (χ2n) is 4.97. The summed E-state index contributed by atoms with van der Waals surface area (Å²) in [5.41, 5.74) is 2.30. The third-order valence-corrected chi connectivity index (χ3v) is 3.27. The molecule has 0 spiro atoms. The molecule has 1 aromatic rings. The number of rotatable bonds is 7. The smallest absolute Gasteiger partial charge is 0.320 e. The van der Waals surface area contributed by atoms with Crippen molar-refractivity contribution in [2.24, 2.45) is 0 Å². The zero-order valence-electron chi connectivity index (χ0n) is 12.1. The second-order valence-corrected chi connectivity index (χ2v) is 4.97. The summed E-state index contributed by atoms with van der Waals surface area (Å²) in [6.07, 6.45) is 0.807. The molecule has 0 heterocycles. The van der Waals surface area contributed by atoms with Gasteiger partial charge in [0.2, 0.25) is 0 Å². The van der Waals surface area contributed by atoms with Crippen LogP contribution in [0, 0.1) is 13.8 Å². The lowest BCUT2D eigenvalue weighted by atomic mass is 10.1. The van der Waals surface area contributed by atoms with Crippen molar-refractivity contribution >= 4 is 5.97 Å². The number of aliphatic carboxylic acids is 1. The maximum atomic E-state index is 10.8. The number of hydrogen-bond acceptors (Lipinski definition) is 3. The molecule has 1 N–H and O–H groups in total. The van der Waals surface area contributed by atoms with E-state index < -0.39 is 12.0 Å². The van der Waals surface area contributed by atoms with Crippen molar-refractivity contribution in [3.05, 3.63) is 29.3 Å². The summed E-state index contributed by atoms with van der Waals surface area (Å²) in [6, 6.07) is 5.67. The van der Waals surface area contributed by atoms with Crippen LogP contribution in [0.1, 0.15) is 24.5 Å². The van der Waals surface area contributed by atoms with E-state index in [0.717, 1.165) is 17.7 Å². The van der Waals surface area contributed by atoms with Gasteiger partial charge in [0.15, 0.2) is 0 Å². The van der Waals surface area contributed by atoms with E-state index in [0.29, 0.717) is 13.2 Å². The molecule has 106 valence electrons. The first-order valence-electron chi connectivity index (χ1n) is 6.55. The number of likely N-dealkylation sites (N-methyl/N-ethyl adjacent to an activating group) is 1. The van der Waals surface area contributed by atoms with Crippen LogP contribution in [0.4, 0.5) is 0 Å². The Morgan fingerprint density at radius 3 is 2.74 bits per heavy atom. The highest BCUT2D eigenvalue weighted by Crippen LogP contribution is 2.19. The van der Waals surface area contributed by atoms with Gasteiger partial charge in [-0.1, -0.05) is 12.1 Å². The van der Waals surface area contributed by atoms with E-state index in [9.17, 15) is 4.79 Å². The van der Waals surface area contributed by atoms with Crippen molar-refractivity contribution in [2.75, 3.05) is 20.2 Å². The van der Waals surface area contributed by atoms with E-state index >= 15 is 0 Å². The maximum absolute atomic E-state index is 10.8. The first-order chi connectivity index (χ1) is 8.91. The molecule has 1 unspecified atom stereocenters. The van der Waals surface area contributed by atoms with Gasteiger partial charge in [-0.3, -0.25) is 9.69 Å². The highest BCUT2D eigenvalue weighted by molar-refractivity contribution is 5.72. The van der Waals surface area contributed by atoms with Crippen molar-refractivity contribution in [1.29, 1.82) is 0 Å². The number of carbonyl (C=O) groups is 1. The molecule has 0 fully saturated rings. The normalized spacial score (nSPS) is 12.5. The van der Waals surface area contributed by atoms with Crippen molar-refractivity contribution in [3.63, 3.8) is 0 Å². The Balaban J connectivity index is 2.35. The van der Waals surface area contributed by atoms with Crippen LogP contribution in [-0.4, -0.2) is 42.2 Å². The average molecular weight is 265 g/mol. The van der Waals surface area contributed by atoms with Gasteiger partial charge < -0.3 is 9.84 Å². The number of carboxylic acids is 1. The summed E-state index contributed by atoms with van der Waals surface area (Å²) in [7, 11) is 1.82. The molecule has 4 nitrogen and oxygen atoms in total. The zero-order chi connectivity index (χ0) is 14.4. The van der Waals surface area contributed by atoms with Crippen molar-refractivity contribution in [3.8, 4) is 5.75 Å². The van der Waals surface area contributed by atoms with Gasteiger partial charge in [-0.15, -0.1) is 0 Å². The molecule has 0 aliphatic rings. The number of benzene rings is 1. The summed E-state index contributed by atoms with van der Waals surface area (Å²) in [4.78, 5) is 12.6. The van der Waals surface area contributed by atoms with Crippen molar-refractivity contribution in [1.82, 2.24) is 4.90 Å². The van der Waals surface area contributed by atoms with E-state index in [1.54, 1.807) is 6.92 Å². The number of aryl methyl sites for hydroxylation is 2. The summed E-state index contributed by atoms with van der Waals surface area (Å²) in [5.74, 6) is 0.117.